The van der Waals surface area contributed by atoms with Crippen LogP contribution in [0.4, 0.5) is 5.82 Å². The SMILES string of the molecule is Cc1cccn2c(=O)c(C=C3SC(=S)N(CC(=O)O)C3=O)c(NCC(C)C)nc12. The minimum Gasteiger partial charge on any atom is -0.480 e. The molecule has 152 valence electrons. The van der Waals surface area contributed by atoms with Crippen LogP contribution in [0.25, 0.3) is 11.7 Å². The number of carbonyl (C=O) groups is 2. The number of rotatable bonds is 6. The Hall–Kier alpha value is -2.72. The molecule has 0 bridgehead atoms. The number of anilines is 1. The number of hydrogen-bond acceptors (Lipinski definition) is 7. The lowest BCUT2D eigenvalue weighted by molar-refractivity contribution is -0.140. The zero-order valence-electron chi connectivity index (χ0n) is 16.1. The molecule has 0 saturated carbocycles. The van der Waals surface area contributed by atoms with Crippen LogP contribution in [0, 0.1) is 12.8 Å². The van der Waals surface area contributed by atoms with Crippen molar-refractivity contribution in [2.24, 2.45) is 5.92 Å². The third-order valence-corrected chi connectivity index (χ3v) is 5.58. The second-order valence-electron chi connectivity index (χ2n) is 7.00. The van der Waals surface area contributed by atoms with Crippen LogP contribution in [0.1, 0.15) is 25.0 Å². The van der Waals surface area contributed by atoms with Crippen LogP contribution in [0.3, 0.4) is 0 Å². The van der Waals surface area contributed by atoms with Crippen LogP contribution >= 0.6 is 24.0 Å². The summed E-state index contributed by atoms with van der Waals surface area (Å²) in [5.41, 5.74) is 1.27. The van der Waals surface area contributed by atoms with Gasteiger partial charge in [-0.2, -0.15) is 0 Å². The zero-order chi connectivity index (χ0) is 21.3. The van der Waals surface area contributed by atoms with E-state index in [2.05, 4.69) is 10.3 Å². The van der Waals surface area contributed by atoms with E-state index in [0.717, 1.165) is 22.2 Å². The van der Waals surface area contributed by atoms with E-state index in [1.54, 1.807) is 12.3 Å². The summed E-state index contributed by atoms with van der Waals surface area (Å²) in [6, 6.07) is 3.62. The molecule has 29 heavy (non-hydrogen) atoms. The molecule has 3 heterocycles. The van der Waals surface area contributed by atoms with Gasteiger partial charge in [-0.15, -0.1) is 0 Å². The second-order valence-corrected chi connectivity index (χ2v) is 8.68. The molecule has 1 aliphatic rings. The van der Waals surface area contributed by atoms with Gasteiger partial charge in [0.2, 0.25) is 0 Å². The number of hydrogen-bond donors (Lipinski definition) is 2. The van der Waals surface area contributed by atoms with Crippen molar-refractivity contribution in [2.75, 3.05) is 18.4 Å². The molecule has 0 radical (unpaired) electrons. The molecule has 1 saturated heterocycles. The Balaban J connectivity index is 2.14. The number of aryl methyl sites for hydroxylation is 1. The summed E-state index contributed by atoms with van der Waals surface area (Å²) in [6.45, 7) is 6.00. The molecule has 8 nitrogen and oxygen atoms in total. The summed E-state index contributed by atoms with van der Waals surface area (Å²) >= 11 is 6.09. The van der Waals surface area contributed by atoms with Gasteiger partial charge in [-0.3, -0.25) is 23.7 Å². The predicted octanol–water partition coefficient (Wildman–Crippen LogP) is 2.36. The maximum Gasteiger partial charge on any atom is 0.323 e. The van der Waals surface area contributed by atoms with Crippen LogP contribution in [0.5, 0.6) is 0 Å². The molecule has 0 atom stereocenters. The summed E-state index contributed by atoms with van der Waals surface area (Å²) in [5.74, 6) is -1.01. The van der Waals surface area contributed by atoms with Gasteiger partial charge in [-0.05, 0) is 30.5 Å². The molecule has 3 rings (SSSR count). The van der Waals surface area contributed by atoms with E-state index < -0.39 is 18.4 Å². The fourth-order valence-corrected chi connectivity index (χ4v) is 4.02. The van der Waals surface area contributed by atoms with Crippen molar-refractivity contribution in [3.63, 3.8) is 0 Å². The third kappa shape index (κ3) is 4.33. The summed E-state index contributed by atoms with van der Waals surface area (Å²) in [6.07, 6.45) is 3.06. The van der Waals surface area contributed by atoms with Gasteiger partial charge >= 0.3 is 5.97 Å². The fourth-order valence-electron chi connectivity index (χ4n) is 2.78. The summed E-state index contributed by atoms with van der Waals surface area (Å²) < 4.78 is 1.57. The topological polar surface area (TPSA) is 104 Å². The summed E-state index contributed by atoms with van der Waals surface area (Å²) in [7, 11) is 0. The molecular formula is C19H20N4O4S2. The highest BCUT2D eigenvalue weighted by Gasteiger charge is 2.34. The molecule has 2 N–H and O–H groups in total. The average Bonchev–Trinajstić information content (AvgIpc) is 2.90. The van der Waals surface area contributed by atoms with Crippen molar-refractivity contribution >= 4 is 57.7 Å². The Kier molecular flexibility index (Phi) is 6.04. The van der Waals surface area contributed by atoms with E-state index in [1.165, 1.54) is 10.5 Å². The predicted molar refractivity (Wildman–Crippen MR) is 117 cm³/mol. The molecule has 0 spiro atoms. The Labute approximate surface area is 176 Å². The van der Waals surface area contributed by atoms with Gasteiger partial charge < -0.3 is 10.4 Å². The molecule has 0 unspecified atom stereocenters. The second kappa shape index (κ2) is 8.34. The molecule has 10 heteroatoms. The maximum absolute atomic E-state index is 13.2. The number of carbonyl (C=O) groups excluding carboxylic acids is 1. The van der Waals surface area contributed by atoms with Gasteiger partial charge in [0.05, 0.1) is 10.5 Å². The minimum atomic E-state index is -1.16. The van der Waals surface area contributed by atoms with Gasteiger partial charge in [0.25, 0.3) is 11.5 Å². The first-order chi connectivity index (χ1) is 13.7. The first-order valence-electron chi connectivity index (χ1n) is 8.92. The number of aromatic nitrogens is 2. The van der Waals surface area contributed by atoms with E-state index in [1.807, 2.05) is 26.8 Å². The monoisotopic (exact) mass is 432 g/mol. The number of amides is 1. The first kappa shape index (κ1) is 21.0. The number of thiocarbonyl (C=S) groups is 1. The van der Waals surface area contributed by atoms with Crippen LogP contribution < -0.4 is 10.9 Å². The quantitative estimate of drug-likeness (QED) is 0.530. The van der Waals surface area contributed by atoms with Crippen LogP contribution in [0.2, 0.25) is 0 Å². The molecule has 1 aliphatic heterocycles. The van der Waals surface area contributed by atoms with Crippen molar-refractivity contribution < 1.29 is 14.7 Å². The zero-order valence-corrected chi connectivity index (χ0v) is 17.8. The van der Waals surface area contributed by atoms with Crippen molar-refractivity contribution in [2.45, 2.75) is 20.8 Å². The molecule has 1 fully saturated rings. The lowest BCUT2D eigenvalue weighted by atomic mass is 10.2. The molecule has 0 aromatic carbocycles. The summed E-state index contributed by atoms with van der Waals surface area (Å²) in [5, 5.41) is 12.2. The number of carboxylic acids is 1. The Bertz CT molecular complexity index is 1110. The standard InChI is InChI=1S/C19H20N4O4S2/c1-10(2)8-20-15-12(17(26)22-6-4-5-11(3)16(22)21-15)7-13-18(27)23(9-14(24)25)19(28)29-13/h4-7,10,20H,8-9H2,1-3H3,(H,24,25). The van der Waals surface area contributed by atoms with Gasteiger partial charge in [-0.25, -0.2) is 4.98 Å². The molecule has 1 amide bonds. The highest BCUT2D eigenvalue weighted by atomic mass is 32.2. The van der Waals surface area contributed by atoms with Gasteiger partial charge in [-0.1, -0.05) is 43.9 Å². The van der Waals surface area contributed by atoms with Gasteiger partial charge in [0.1, 0.15) is 22.3 Å². The van der Waals surface area contributed by atoms with E-state index >= 15 is 0 Å². The van der Waals surface area contributed by atoms with E-state index in [9.17, 15) is 14.4 Å². The fraction of sp³-hybridized carbons (Fsp3) is 0.316. The highest BCUT2D eigenvalue weighted by Crippen LogP contribution is 2.32. The number of fused-ring (bicyclic) bond motifs is 1. The Morgan fingerprint density at radius 1 is 1.41 bits per heavy atom. The number of pyridine rings is 1. The van der Waals surface area contributed by atoms with Crippen LogP contribution in [-0.4, -0.2) is 48.7 Å². The number of carboxylic acid groups (broad SMARTS) is 1. The van der Waals surface area contributed by atoms with Gasteiger partial charge in [0, 0.05) is 12.7 Å². The number of nitrogens with zero attached hydrogens (tertiary/aromatic N) is 3. The molecule has 2 aromatic rings. The number of aliphatic carboxylic acids is 1. The Morgan fingerprint density at radius 2 is 2.14 bits per heavy atom. The lowest BCUT2D eigenvalue weighted by Gasteiger charge is -2.13. The molecule has 0 aliphatic carbocycles. The summed E-state index contributed by atoms with van der Waals surface area (Å²) in [4.78, 5) is 42.6. The van der Waals surface area contributed by atoms with Crippen molar-refractivity contribution in [1.29, 1.82) is 0 Å². The van der Waals surface area contributed by atoms with Crippen molar-refractivity contribution in [1.82, 2.24) is 14.3 Å². The van der Waals surface area contributed by atoms with Crippen molar-refractivity contribution in [3.05, 3.63) is 44.7 Å². The normalized spacial score (nSPS) is 15.7. The lowest BCUT2D eigenvalue weighted by Crippen LogP contribution is -2.33. The van der Waals surface area contributed by atoms with E-state index in [0.29, 0.717) is 23.9 Å². The van der Waals surface area contributed by atoms with E-state index in [4.69, 9.17) is 17.3 Å². The molecular weight excluding hydrogens is 412 g/mol. The Morgan fingerprint density at radius 3 is 2.79 bits per heavy atom. The minimum absolute atomic E-state index is 0.144. The van der Waals surface area contributed by atoms with E-state index in [-0.39, 0.29) is 20.3 Å². The first-order valence-corrected chi connectivity index (χ1v) is 10.1. The molecule has 2 aromatic heterocycles. The number of nitrogens with one attached hydrogen (secondary N) is 1. The van der Waals surface area contributed by atoms with Crippen LogP contribution in [-0.2, 0) is 9.59 Å². The van der Waals surface area contributed by atoms with Crippen LogP contribution in [0.15, 0.2) is 28.0 Å². The average molecular weight is 433 g/mol. The third-order valence-electron chi connectivity index (χ3n) is 4.20. The smallest absolute Gasteiger partial charge is 0.323 e. The maximum atomic E-state index is 13.2. The van der Waals surface area contributed by atoms with Gasteiger partial charge in [0.15, 0.2) is 0 Å². The highest BCUT2D eigenvalue weighted by molar-refractivity contribution is 8.26. The largest absolute Gasteiger partial charge is 0.480 e. The number of thioether (sulfide) groups is 1. The van der Waals surface area contributed by atoms with Crippen molar-refractivity contribution in [3.8, 4) is 0 Å².